The fraction of sp³-hybridized carbons (Fsp3) is 0.900. The molecule has 0 amide bonds. The summed E-state index contributed by atoms with van der Waals surface area (Å²) in [6.07, 6.45) is 1.63. The van der Waals surface area contributed by atoms with Crippen LogP contribution in [0.3, 0.4) is 0 Å². The van der Waals surface area contributed by atoms with Gasteiger partial charge in [-0.25, -0.2) is 4.79 Å². The molecule has 0 bridgehead atoms. The quantitative estimate of drug-likeness (QED) is 0.582. The summed E-state index contributed by atoms with van der Waals surface area (Å²) in [6, 6.07) is 0. The topological polar surface area (TPSA) is 72.5 Å². The number of carboxylic acids is 1. The molecule has 0 radical (unpaired) electrons. The highest BCUT2D eigenvalue weighted by Crippen LogP contribution is 2.05. The lowest BCUT2D eigenvalue weighted by molar-refractivity contribution is -0.150. The van der Waals surface area contributed by atoms with Gasteiger partial charge in [-0.2, -0.15) is 0 Å². The van der Waals surface area contributed by atoms with Crippen molar-refractivity contribution in [1.29, 1.82) is 0 Å². The van der Waals surface area contributed by atoms with Crippen LogP contribution in [-0.2, 0) is 9.53 Å². The fourth-order valence-electron chi connectivity index (χ4n) is 1.15. The van der Waals surface area contributed by atoms with E-state index in [0.29, 0.717) is 25.5 Å². The molecular weight excluding hydrogens is 182 g/mol. The molecule has 0 fully saturated rings. The van der Waals surface area contributed by atoms with E-state index in [4.69, 9.17) is 15.6 Å². The molecule has 0 spiro atoms. The molecule has 4 nitrogen and oxygen atoms in total. The number of nitrogens with two attached hydrogens (primary N) is 1. The zero-order chi connectivity index (χ0) is 11.0. The first kappa shape index (κ1) is 13.4. The largest absolute Gasteiger partial charge is 0.479 e. The second kappa shape index (κ2) is 7.76. The molecule has 0 aromatic heterocycles. The summed E-state index contributed by atoms with van der Waals surface area (Å²) in [7, 11) is 0. The first-order chi connectivity index (χ1) is 6.57. The number of hydrogen-bond acceptors (Lipinski definition) is 3. The van der Waals surface area contributed by atoms with E-state index in [-0.39, 0.29) is 0 Å². The Bertz CT molecular complexity index is 159. The minimum Gasteiger partial charge on any atom is -0.479 e. The standard InChI is InChI=1S/C10H21NO3/c1-8(2)4-3-7-14-9(5-6-11)10(12)13/h8-9H,3-7,11H2,1-2H3,(H,12,13). The van der Waals surface area contributed by atoms with Crippen LogP contribution >= 0.6 is 0 Å². The van der Waals surface area contributed by atoms with Crippen molar-refractivity contribution >= 4 is 5.97 Å². The van der Waals surface area contributed by atoms with E-state index in [1.54, 1.807) is 0 Å². The van der Waals surface area contributed by atoms with Crippen molar-refractivity contribution in [2.75, 3.05) is 13.2 Å². The Hall–Kier alpha value is -0.610. The van der Waals surface area contributed by atoms with Gasteiger partial charge in [-0.05, 0) is 31.7 Å². The van der Waals surface area contributed by atoms with Crippen LogP contribution in [0, 0.1) is 5.92 Å². The van der Waals surface area contributed by atoms with Gasteiger partial charge in [-0.3, -0.25) is 0 Å². The van der Waals surface area contributed by atoms with Crippen molar-refractivity contribution in [2.45, 2.75) is 39.2 Å². The Balaban J connectivity index is 3.56. The van der Waals surface area contributed by atoms with Gasteiger partial charge in [-0.15, -0.1) is 0 Å². The van der Waals surface area contributed by atoms with Crippen LogP contribution in [0.25, 0.3) is 0 Å². The molecule has 0 aromatic rings. The average molecular weight is 203 g/mol. The smallest absolute Gasteiger partial charge is 0.332 e. The van der Waals surface area contributed by atoms with Crippen molar-refractivity contribution in [2.24, 2.45) is 11.7 Å². The Kier molecular flexibility index (Phi) is 7.42. The second-order valence-corrected chi connectivity index (χ2v) is 3.81. The highest BCUT2D eigenvalue weighted by molar-refractivity contribution is 5.72. The summed E-state index contributed by atoms with van der Waals surface area (Å²) < 4.78 is 5.21. The molecule has 0 aliphatic carbocycles. The minimum absolute atomic E-state index is 0.348. The van der Waals surface area contributed by atoms with Crippen LogP contribution in [0.1, 0.15) is 33.1 Å². The molecule has 1 atom stereocenters. The van der Waals surface area contributed by atoms with Crippen LogP contribution in [0.2, 0.25) is 0 Å². The van der Waals surface area contributed by atoms with Gasteiger partial charge in [0.1, 0.15) is 0 Å². The van der Waals surface area contributed by atoms with Gasteiger partial charge in [0, 0.05) is 6.61 Å². The second-order valence-electron chi connectivity index (χ2n) is 3.81. The van der Waals surface area contributed by atoms with Crippen molar-refractivity contribution in [1.82, 2.24) is 0 Å². The molecule has 4 heteroatoms. The molecule has 0 saturated heterocycles. The summed E-state index contributed by atoms with van der Waals surface area (Å²) in [5.41, 5.74) is 5.28. The lowest BCUT2D eigenvalue weighted by Crippen LogP contribution is -2.27. The summed E-state index contributed by atoms with van der Waals surface area (Å²) in [4.78, 5) is 10.6. The minimum atomic E-state index is -0.917. The van der Waals surface area contributed by atoms with Gasteiger partial charge in [0.15, 0.2) is 6.10 Å². The Morgan fingerprint density at radius 1 is 1.43 bits per heavy atom. The van der Waals surface area contributed by atoms with Crippen molar-refractivity contribution < 1.29 is 14.6 Å². The average Bonchev–Trinajstić information content (AvgIpc) is 2.09. The summed E-state index contributed by atoms with van der Waals surface area (Å²) in [6.45, 7) is 5.12. The van der Waals surface area contributed by atoms with Gasteiger partial charge in [0.2, 0.25) is 0 Å². The van der Waals surface area contributed by atoms with Crippen LogP contribution in [0.4, 0.5) is 0 Å². The number of carboxylic acid groups (broad SMARTS) is 1. The Labute approximate surface area is 85.4 Å². The monoisotopic (exact) mass is 203 g/mol. The molecule has 0 heterocycles. The highest BCUT2D eigenvalue weighted by atomic mass is 16.5. The molecule has 0 aromatic carbocycles. The summed E-state index contributed by atoms with van der Waals surface area (Å²) >= 11 is 0. The molecule has 1 unspecified atom stereocenters. The van der Waals surface area contributed by atoms with Gasteiger partial charge >= 0.3 is 5.97 Å². The third kappa shape index (κ3) is 6.86. The molecule has 3 N–H and O–H groups in total. The third-order valence-corrected chi connectivity index (χ3v) is 1.95. The Morgan fingerprint density at radius 2 is 2.07 bits per heavy atom. The van der Waals surface area contributed by atoms with Gasteiger partial charge in [0.25, 0.3) is 0 Å². The molecule has 0 aliphatic rings. The lowest BCUT2D eigenvalue weighted by atomic mass is 10.1. The van der Waals surface area contributed by atoms with Crippen LogP contribution in [-0.4, -0.2) is 30.3 Å². The van der Waals surface area contributed by atoms with Crippen molar-refractivity contribution in [3.8, 4) is 0 Å². The van der Waals surface area contributed by atoms with E-state index in [9.17, 15) is 4.79 Å². The molecule has 0 rings (SSSR count). The first-order valence-electron chi connectivity index (χ1n) is 5.12. The number of ether oxygens (including phenoxy) is 1. The van der Waals surface area contributed by atoms with Gasteiger partial charge in [-0.1, -0.05) is 13.8 Å². The predicted octanol–water partition coefficient (Wildman–Crippen LogP) is 1.24. The maximum atomic E-state index is 10.6. The van der Waals surface area contributed by atoms with E-state index >= 15 is 0 Å². The normalized spacial score (nSPS) is 13.1. The van der Waals surface area contributed by atoms with E-state index < -0.39 is 12.1 Å². The SMILES string of the molecule is CC(C)CCCOC(CCN)C(=O)O. The van der Waals surface area contributed by atoms with Gasteiger partial charge < -0.3 is 15.6 Å². The van der Waals surface area contributed by atoms with Gasteiger partial charge in [0.05, 0.1) is 0 Å². The van der Waals surface area contributed by atoms with Crippen LogP contribution < -0.4 is 5.73 Å². The van der Waals surface area contributed by atoms with Crippen molar-refractivity contribution in [3.63, 3.8) is 0 Å². The number of hydrogen-bond donors (Lipinski definition) is 2. The zero-order valence-electron chi connectivity index (χ0n) is 9.03. The van der Waals surface area contributed by atoms with E-state index in [2.05, 4.69) is 13.8 Å². The lowest BCUT2D eigenvalue weighted by Gasteiger charge is -2.12. The van der Waals surface area contributed by atoms with Crippen LogP contribution in [0.15, 0.2) is 0 Å². The Morgan fingerprint density at radius 3 is 2.50 bits per heavy atom. The number of carbonyl (C=O) groups is 1. The van der Waals surface area contributed by atoms with Crippen LogP contribution in [0.5, 0.6) is 0 Å². The maximum Gasteiger partial charge on any atom is 0.332 e. The van der Waals surface area contributed by atoms with E-state index in [0.717, 1.165) is 12.8 Å². The third-order valence-electron chi connectivity index (χ3n) is 1.95. The molecular formula is C10H21NO3. The molecule has 84 valence electrons. The number of aliphatic carboxylic acids is 1. The van der Waals surface area contributed by atoms with Crippen molar-refractivity contribution in [3.05, 3.63) is 0 Å². The molecule has 14 heavy (non-hydrogen) atoms. The van der Waals surface area contributed by atoms with E-state index in [1.807, 2.05) is 0 Å². The predicted molar refractivity (Wildman–Crippen MR) is 55.1 cm³/mol. The van der Waals surface area contributed by atoms with E-state index in [1.165, 1.54) is 0 Å². The summed E-state index contributed by atoms with van der Waals surface area (Å²) in [5, 5.41) is 8.73. The number of rotatable bonds is 8. The summed E-state index contributed by atoms with van der Waals surface area (Å²) in [5.74, 6) is -0.281. The molecule has 0 saturated carbocycles. The fourth-order valence-corrected chi connectivity index (χ4v) is 1.15. The molecule has 0 aliphatic heterocycles. The first-order valence-corrected chi connectivity index (χ1v) is 5.12. The maximum absolute atomic E-state index is 10.6. The highest BCUT2D eigenvalue weighted by Gasteiger charge is 2.16. The zero-order valence-corrected chi connectivity index (χ0v) is 9.03.